The van der Waals surface area contributed by atoms with Crippen molar-refractivity contribution in [3.05, 3.63) is 24.3 Å². The van der Waals surface area contributed by atoms with E-state index < -0.39 is 12.0 Å². The van der Waals surface area contributed by atoms with Crippen LogP contribution in [-0.2, 0) is 19.1 Å². The van der Waals surface area contributed by atoms with Gasteiger partial charge in [-0.2, -0.15) is 0 Å². The van der Waals surface area contributed by atoms with Gasteiger partial charge in [-0.05, 0) is 31.2 Å². The molecule has 7 nitrogen and oxygen atoms in total. The van der Waals surface area contributed by atoms with Crippen LogP contribution < -0.4 is 15.0 Å². The molecule has 118 valence electrons. The highest BCUT2D eigenvalue weighted by Gasteiger charge is 2.39. The van der Waals surface area contributed by atoms with Gasteiger partial charge in [-0.3, -0.25) is 19.7 Å². The topological polar surface area (TPSA) is 84.9 Å². The second-order valence-electron chi connectivity index (χ2n) is 4.71. The molecule has 1 heterocycles. The Hall–Kier alpha value is -2.41. The maximum Gasteiger partial charge on any atom is 0.319 e. The molecule has 1 aliphatic rings. The van der Waals surface area contributed by atoms with Crippen LogP contribution in [0, 0.1) is 0 Å². The van der Waals surface area contributed by atoms with Crippen molar-refractivity contribution in [3.8, 4) is 5.75 Å². The average Bonchev–Trinajstić information content (AvgIpc) is 2.80. The zero-order valence-corrected chi connectivity index (χ0v) is 12.5. The number of imide groups is 1. The molecular weight excluding hydrogens is 288 g/mol. The van der Waals surface area contributed by atoms with Crippen molar-refractivity contribution in [2.75, 3.05) is 25.2 Å². The summed E-state index contributed by atoms with van der Waals surface area (Å²) in [7, 11) is 1.54. The van der Waals surface area contributed by atoms with Gasteiger partial charge in [-0.15, -0.1) is 0 Å². The van der Waals surface area contributed by atoms with Crippen LogP contribution in [0.2, 0.25) is 0 Å². The van der Waals surface area contributed by atoms with E-state index in [1.54, 1.807) is 31.2 Å². The second kappa shape index (κ2) is 7.04. The lowest BCUT2D eigenvalue weighted by atomic mass is 10.2. The van der Waals surface area contributed by atoms with E-state index in [2.05, 4.69) is 5.32 Å². The minimum atomic E-state index is -0.709. The van der Waals surface area contributed by atoms with E-state index in [9.17, 15) is 14.4 Å². The van der Waals surface area contributed by atoms with Crippen molar-refractivity contribution in [1.29, 1.82) is 0 Å². The van der Waals surface area contributed by atoms with Gasteiger partial charge in [0.05, 0.1) is 38.4 Å². The first kappa shape index (κ1) is 16.0. The third-order valence-electron chi connectivity index (χ3n) is 3.28. The number of ether oxygens (including phenoxy) is 2. The van der Waals surface area contributed by atoms with Crippen LogP contribution >= 0.6 is 0 Å². The molecule has 1 N–H and O–H groups in total. The summed E-state index contributed by atoms with van der Waals surface area (Å²) in [6.07, 6.45) is 0.0181. The molecular formula is C15H18N2O5. The summed E-state index contributed by atoms with van der Waals surface area (Å²) >= 11 is 0. The highest BCUT2D eigenvalue weighted by Crippen LogP contribution is 2.25. The molecule has 1 saturated heterocycles. The number of amides is 2. The van der Waals surface area contributed by atoms with Crippen LogP contribution in [0.25, 0.3) is 0 Å². The summed E-state index contributed by atoms with van der Waals surface area (Å²) in [6, 6.07) is 5.92. The van der Waals surface area contributed by atoms with Gasteiger partial charge >= 0.3 is 5.97 Å². The molecule has 1 aromatic carbocycles. The molecule has 0 spiro atoms. The summed E-state index contributed by atoms with van der Waals surface area (Å²) in [4.78, 5) is 36.8. The molecule has 1 aromatic rings. The van der Waals surface area contributed by atoms with Crippen molar-refractivity contribution in [3.63, 3.8) is 0 Å². The van der Waals surface area contributed by atoms with Gasteiger partial charge in [0.15, 0.2) is 0 Å². The third kappa shape index (κ3) is 3.43. The third-order valence-corrected chi connectivity index (χ3v) is 3.28. The number of benzene rings is 1. The molecule has 22 heavy (non-hydrogen) atoms. The largest absolute Gasteiger partial charge is 0.497 e. The number of nitrogens with zero attached hydrogens (tertiary/aromatic N) is 1. The van der Waals surface area contributed by atoms with Crippen molar-refractivity contribution in [1.82, 2.24) is 5.32 Å². The van der Waals surface area contributed by atoms with Crippen molar-refractivity contribution in [2.24, 2.45) is 0 Å². The Labute approximate surface area is 128 Å². The minimum absolute atomic E-state index is 0.0181. The first-order valence-corrected chi connectivity index (χ1v) is 6.96. The number of methoxy groups -OCH3 is 1. The van der Waals surface area contributed by atoms with E-state index in [0.717, 1.165) is 4.90 Å². The molecule has 0 bridgehead atoms. The molecule has 0 aliphatic carbocycles. The Morgan fingerprint density at radius 1 is 1.32 bits per heavy atom. The van der Waals surface area contributed by atoms with Crippen LogP contribution in [0.3, 0.4) is 0 Å². The fourth-order valence-corrected chi connectivity index (χ4v) is 2.21. The van der Waals surface area contributed by atoms with Crippen LogP contribution in [-0.4, -0.2) is 44.1 Å². The van der Waals surface area contributed by atoms with Crippen LogP contribution in [0.4, 0.5) is 5.69 Å². The summed E-state index contributed by atoms with van der Waals surface area (Å²) in [5, 5.41) is 2.76. The number of carbonyl (C=O) groups is 3. The molecule has 2 rings (SSSR count). The van der Waals surface area contributed by atoms with Gasteiger partial charge in [0.2, 0.25) is 5.91 Å². The molecule has 0 aromatic heterocycles. The van der Waals surface area contributed by atoms with Gasteiger partial charge in [0.25, 0.3) is 5.91 Å². The number of carbonyl (C=O) groups excluding carboxylic acids is 3. The highest BCUT2D eigenvalue weighted by atomic mass is 16.5. The summed E-state index contributed by atoms with van der Waals surface area (Å²) in [5.74, 6) is -0.499. The fraction of sp³-hybridized carbons (Fsp3) is 0.400. The van der Waals surface area contributed by atoms with Crippen LogP contribution in [0.5, 0.6) is 5.75 Å². The number of anilines is 1. The molecule has 1 aliphatic heterocycles. The second-order valence-corrected chi connectivity index (χ2v) is 4.71. The summed E-state index contributed by atoms with van der Waals surface area (Å²) < 4.78 is 9.82. The van der Waals surface area contributed by atoms with E-state index in [4.69, 9.17) is 9.47 Å². The highest BCUT2D eigenvalue weighted by molar-refractivity contribution is 6.22. The number of hydrogen-bond donors (Lipinski definition) is 1. The monoisotopic (exact) mass is 306 g/mol. The maximum absolute atomic E-state index is 12.3. The van der Waals surface area contributed by atoms with E-state index in [0.29, 0.717) is 11.4 Å². The van der Waals surface area contributed by atoms with Gasteiger partial charge in [-0.1, -0.05) is 0 Å². The SMILES string of the molecule is CCOC(=O)CNC1CC(=O)N(c2ccc(OC)cc2)C1=O. The molecule has 1 fully saturated rings. The van der Waals surface area contributed by atoms with Gasteiger partial charge in [0.1, 0.15) is 5.75 Å². The van der Waals surface area contributed by atoms with Crippen LogP contribution in [0.1, 0.15) is 13.3 Å². The lowest BCUT2D eigenvalue weighted by Gasteiger charge is -2.15. The van der Waals surface area contributed by atoms with Crippen molar-refractivity contribution in [2.45, 2.75) is 19.4 Å². The van der Waals surface area contributed by atoms with E-state index >= 15 is 0 Å². The normalized spacial score (nSPS) is 17.7. The van der Waals surface area contributed by atoms with E-state index in [-0.39, 0.29) is 31.4 Å². The van der Waals surface area contributed by atoms with Crippen LogP contribution in [0.15, 0.2) is 24.3 Å². The molecule has 0 saturated carbocycles. The van der Waals surface area contributed by atoms with E-state index in [1.807, 2.05) is 0 Å². The Morgan fingerprint density at radius 3 is 2.59 bits per heavy atom. The summed E-state index contributed by atoms with van der Waals surface area (Å²) in [6.45, 7) is 1.87. The average molecular weight is 306 g/mol. The zero-order chi connectivity index (χ0) is 16.1. The Bertz CT molecular complexity index is 570. The molecule has 7 heteroatoms. The first-order chi connectivity index (χ1) is 10.6. The number of rotatable bonds is 6. The maximum atomic E-state index is 12.3. The van der Waals surface area contributed by atoms with Crippen molar-refractivity contribution < 1.29 is 23.9 Å². The molecule has 0 radical (unpaired) electrons. The van der Waals surface area contributed by atoms with Gasteiger partial charge in [-0.25, -0.2) is 4.90 Å². The predicted molar refractivity (Wildman–Crippen MR) is 78.5 cm³/mol. The standard InChI is InChI=1S/C15H18N2O5/c1-3-22-14(19)9-16-12-8-13(18)17(15(12)20)10-4-6-11(21-2)7-5-10/h4-7,12,16H,3,8-9H2,1-2H3. The smallest absolute Gasteiger partial charge is 0.319 e. The molecule has 2 amide bonds. The Kier molecular flexibility index (Phi) is 5.11. The van der Waals surface area contributed by atoms with E-state index in [1.165, 1.54) is 7.11 Å². The Balaban J connectivity index is 2.03. The number of esters is 1. The number of hydrogen-bond acceptors (Lipinski definition) is 6. The van der Waals surface area contributed by atoms with Gasteiger partial charge < -0.3 is 9.47 Å². The quantitative estimate of drug-likeness (QED) is 0.608. The van der Waals surface area contributed by atoms with Gasteiger partial charge in [0, 0.05) is 0 Å². The summed E-state index contributed by atoms with van der Waals surface area (Å²) in [5.41, 5.74) is 0.483. The molecule has 1 unspecified atom stereocenters. The minimum Gasteiger partial charge on any atom is -0.497 e. The first-order valence-electron chi connectivity index (χ1n) is 6.96. The lowest BCUT2D eigenvalue weighted by Crippen LogP contribution is -2.41. The number of nitrogens with one attached hydrogen (secondary N) is 1. The Morgan fingerprint density at radius 2 is 2.00 bits per heavy atom. The zero-order valence-electron chi connectivity index (χ0n) is 12.5. The lowest BCUT2D eigenvalue weighted by molar-refractivity contribution is -0.142. The fourth-order valence-electron chi connectivity index (χ4n) is 2.21. The predicted octanol–water partition coefficient (Wildman–Crippen LogP) is 0.480. The molecule has 1 atom stereocenters. The van der Waals surface area contributed by atoms with Crippen molar-refractivity contribution >= 4 is 23.5 Å².